The summed E-state index contributed by atoms with van der Waals surface area (Å²) in [6, 6.07) is 16.0. The van der Waals surface area contributed by atoms with Gasteiger partial charge in [0.05, 0.1) is 0 Å². The Bertz CT molecular complexity index is 1040. The van der Waals surface area contributed by atoms with Gasteiger partial charge in [0.2, 0.25) is 0 Å². The van der Waals surface area contributed by atoms with E-state index in [0.29, 0.717) is 0 Å². The Labute approximate surface area is 161 Å². The first-order chi connectivity index (χ1) is 12.7. The van der Waals surface area contributed by atoms with Gasteiger partial charge in [-0.2, -0.15) is 0 Å². The van der Waals surface area contributed by atoms with Crippen LogP contribution in [-0.2, 0) is 6.54 Å². The van der Waals surface area contributed by atoms with Crippen molar-refractivity contribution in [1.82, 2.24) is 15.3 Å². The smallest absolute Gasteiger partial charge is 0.152 e. The second kappa shape index (κ2) is 8.69. The molecule has 26 heavy (non-hydrogen) atoms. The average molecular weight is 382 g/mol. The fraction of sp³-hybridized carbons (Fsp3) is 0.100. The number of fused-ring (bicyclic) bond motifs is 2. The van der Waals surface area contributed by atoms with Gasteiger partial charge in [-0.1, -0.05) is 48.6 Å². The van der Waals surface area contributed by atoms with E-state index in [2.05, 4.69) is 27.4 Å². The Hall–Kier alpha value is -2.57. The lowest BCUT2D eigenvalue weighted by Crippen LogP contribution is -2.16. The van der Waals surface area contributed by atoms with Crippen molar-refractivity contribution in [1.29, 1.82) is 0 Å². The molecule has 6 heteroatoms. The topological polar surface area (TPSA) is 60.7 Å². The summed E-state index contributed by atoms with van der Waals surface area (Å²) < 4.78 is 0.834. The number of thiocarbonyl (C=S) groups is 1. The summed E-state index contributed by atoms with van der Waals surface area (Å²) in [6.07, 6.45) is 6.58. The van der Waals surface area contributed by atoms with Crippen molar-refractivity contribution in [3.63, 3.8) is 0 Å². The van der Waals surface area contributed by atoms with Crippen molar-refractivity contribution in [2.45, 2.75) is 6.54 Å². The fourth-order valence-electron chi connectivity index (χ4n) is 2.71. The SMILES string of the molecule is CSC(=S)NCc1c[nH]c2ccccc12.O=Cc1c[nH]c2ccccc12. The molecule has 2 aromatic carbocycles. The maximum Gasteiger partial charge on any atom is 0.152 e. The normalized spacial score (nSPS) is 10.3. The Morgan fingerprint density at radius 1 is 1.04 bits per heavy atom. The molecule has 0 saturated heterocycles. The predicted molar refractivity (Wildman–Crippen MR) is 115 cm³/mol. The second-order valence-electron chi connectivity index (χ2n) is 5.61. The first-order valence-corrected chi connectivity index (χ1v) is 9.74. The first kappa shape index (κ1) is 18.2. The second-order valence-corrected chi connectivity index (χ2v) is 7.10. The van der Waals surface area contributed by atoms with Crippen molar-refractivity contribution in [3.8, 4) is 0 Å². The van der Waals surface area contributed by atoms with Crippen molar-refractivity contribution < 1.29 is 4.79 Å². The van der Waals surface area contributed by atoms with Crippen LogP contribution in [0.3, 0.4) is 0 Å². The number of thioether (sulfide) groups is 1. The lowest BCUT2D eigenvalue weighted by molar-refractivity contribution is 0.112. The summed E-state index contributed by atoms with van der Waals surface area (Å²) in [6.45, 7) is 0.781. The van der Waals surface area contributed by atoms with Crippen molar-refractivity contribution >= 4 is 56.4 Å². The number of H-pyrrole nitrogens is 2. The lowest BCUT2D eigenvalue weighted by Gasteiger charge is -2.03. The van der Waals surface area contributed by atoms with E-state index in [1.54, 1.807) is 18.0 Å². The molecule has 2 heterocycles. The minimum Gasteiger partial charge on any atom is -0.367 e. The van der Waals surface area contributed by atoms with Crippen LogP contribution in [0.2, 0.25) is 0 Å². The van der Waals surface area contributed by atoms with Crippen LogP contribution >= 0.6 is 24.0 Å². The number of rotatable bonds is 3. The molecule has 132 valence electrons. The van der Waals surface area contributed by atoms with Gasteiger partial charge in [0, 0.05) is 46.3 Å². The van der Waals surface area contributed by atoms with E-state index >= 15 is 0 Å². The molecule has 0 atom stereocenters. The molecule has 3 N–H and O–H groups in total. The van der Waals surface area contributed by atoms with Crippen LogP contribution in [0.4, 0.5) is 0 Å². The fourth-order valence-corrected chi connectivity index (χ4v) is 3.00. The largest absolute Gasteiger partial charge is 0.367 e. The van der Waals surface area contributed by atoms with Crippen molar-refractivity contribution in [2.75, 3.05) is 6.26 Å². The summed E-state index contributed by atoms with van der Waals surface area (Å²) in [5.74, 6) is 0. The molecule has 0 spiro atoms. The third-order valence-electron chi connectivity index (χ3n) is 4.03. The van der Waals surface area contributed by atoms with Crippen LogP contribution in [0, 0.1) is 0 Å². The van der Waals surface area contributed by atoms with Gasteiger partial charge in [-0.25, -0.2) is 0 Å². The first-order valence-electron chi connectivity index (χ1n) is 8.11. The molecule has 0 aliphatic rings. The minimum absolute atomic E-state index is 0.723. The van der Waals surface area contributed by atoms with Crippen LogP contribution in [0.5, 0.6) is 0 Å². The van der Waals surface area contributed by atoms with E-state index in [9.17, 15) is 4.79 Å². The van der Waals surface area contributed by atoms with Gasteiger partial charge in [0.25, 0.3) is 0 Å². The van der Waals surface area contributed by atoms with Gasteiger partial charge >= 0.3 is 0 Å². The molecule has 4 rings (SSSR count). The van der Waals surface area contributed by atoms with Crippen molar-refractivity contribution in [3.05, 3.63) is 72.1 Å². The number of hydrogen-bond acceptors (Lipinski definition) is 3. The summed E-state index contributed by atoms with van der Waals surface area (Å²) >= 11 is 6.65. The molecule has 4 aromatic rings. The molecule has 0 radical (unpaired) electrons. The molecule has 0 bridgehead atoms. The highest BCUT2D eigenvalue weighted by Gasteiger charge is 2.02. The average Bonchev–Trinajstić information content (AvgIpc) is 3.30. The number of carbonyl (C=O) groups excluding carboxylic acids is 1. The summed E-state index contributed by atoms with van der Waals surface area (Å²) in [7, 11) is 0. The Morgan fingerprint density at radius 2 is 1.65 bits per heavy atom. The van der Waals surface area contributed by atoms with Gasteiger partial charge in [-0.3, -0.25) is 4.79 Å². The molecular formula is C20H19N3OS2. The van der Waals surface area contributed by atoms with Gasteiger partial charge in [-0.05, 0) is 24.0 Å². The van der Waals surface area contributed by atoms with Crippen LogP contribution in [0.1, 0.15) is 15.9 Å². The molecule has 0 saturated carbocycles. The van der Waals surface area contributed by atoms with E-state index in [0.717, 1.165) is 33.6 Å². The molecule has 0 fully saturated rings. The monoisotopic (exact) mass is 381 g/mol. The molecule has 0 aliphatic carbocycles. The number of aromatic amines is 2. The molecule has 0 amide bonds. The number of aldehydes is 1. The highest BCUT2D eigenvalue weighted by Crippen LogP contribution is 2.17. The van der Waals surface area contributed by atoms with E-state index in [1.165, 1.54) is 16.5 Å². The Balaban J connectivity index is 0.000000158. The number of nitrogens with one attached hydrogen (secondary N) is 3. The highest BCUT2D eigenvalue weighted by molar-refractivity contribution is 8.22. The summed E-state index contributed by atoms with van der Waals surface area (Å²) in [5.41, 5.74) is 4.15. The third-order valence-corrected chi connectivity index (χ3v) is 5.19. The Kier molecular flexibility index (Phi) is 6.09. The number of hydrogen-bond donors (Lipinski definition) is 3. The number of carbonyl (C=O) groups is 1. The highest BCUT2D eigenvalue weighted by atomic mass is 32.2. The van der Waals surface area contributed by atoms with Crippen LogP contribution in [0.25, 0.3) is 21.8 Å². The standard InChI is InChI=1S/C11H12N2S2.C9H7NO/c1-15-11(14)13-7-8-6-12-10-5-3-2-4-9(8)10;11-6-7-5-10-9-4-2-1-3-8(7)9/h2-6,12H,7H2,1H3,(H,13,14);1-6,10H. The molecule has 2 aromatic heterocycles. The Morgan fingerprint density at radius 3 is 2.35 bits per heavy atom. The van der Waals surface area contributed by atoms with E-state index in [4.69, 9.17) is 12.2 Å². The van der Waals surface area contributed by atoms with Gasteiger partial charge in [-0.15, -0.1) is 11.8 Å². The van der Waals surface area contributed by atoms with Gasteiger partial charge < -0.3 is 15.3 Å². The molecule has 0 unspecified atom stereocenters. The number of aromatic nitrogens is 2. The number of benzene rings is 2. The van der Waals surface area contributed by atoms with Gasteiger partial charge in [0.15, 0.2) is 6.29 Å². The van der Waals surface area contributed by atoms with E-state index in [-0.39, 0.29) is 0 Å². The quantitative estimate of drug-likeness (QED) is 0.349. The van der Waals surface area contributed by atoms with Crippen LogP contribution in [-0.4, -0.2) is 26.8 Å². The lowest BCUT2D eigenvalue weighted by atomic mass is 10.2. The minimum atomic E-state index is 0.723. The number of para-hydroxylation sites is 2. The van der Waals surface area contributed by atoms with Gasteiger partial charge in [0.1, 0.15) is 4.32 Å². The third kappa shape index (κ3) is 4.15. The summed E-state index contributed by atoms with van der Waals surface area (Å²) in [5, 5.41) is 5.45. The summed E-state index contributed by atoms with van der Waals surface area (Å²) in [4.78, 5) is 16.7. The van der Waals surface area contributed by atoms with E-state index in [1.807, 2.05) is 48.9 Å². The molecule has 0 aliphatic heterocycles. The van der Waals surface area contributed by atoms with Crippen molar-refractivity contribution in [2.24, 2.45) is 0 Å². The maximum atomic E-state index is 10.5. The zero-order chi connectivity index (χ0) is 18.4. The maximum absolute atomic E-state index is 10.5. The zero-order valence-corrected chi connectivity index (χ0v) is 15.9. The van der Waals surface area contributed by atoms with Crippen LogP contribution in [0.15, 0.2) is 60.9 Å². The molecule has 4 nitrogen and oxygen atoms in total. The van der Waals surface area contributed by atoms with E-state index < -0.39 is 0 Å². The zero-order valence-electron chi connectivity index (χ0n) is 14.3. The predicted octanol–water partition coefficient (Wildman–Crippen LogP) is 4.89. The molecular weight excluding hydrogens is 362 g/mol. The van der Waals surface area contributed by atoms with Crippen LogP contribution < -0.4 is 5.32 Å².